The maximum atomic E-state index is 14.2. The molecule has 6 heterocycles. The van der Waals surface area contributed by atoms with Gasteiger partial charge in [-0.3, -0.25) is 54.0 Å². The van der Waals surface area contributed by atoms with E-state index >= 15 is 0 Å². The Morgan fingerprint density at radius 2 is 1.72 bits per heavy atom. The van der Waals surface area contributed by atoms with Crippen LogP contribution >= 0.6 is 23.4 Å². The standard InChI is InChI=1S/C63H67ClN10O11S2/c1-63(2)23-21-42(49(34-63)40-11-13-43(64)14-12-40)38-70-26-28-71(29-27-70)44-15-17-47(53(32-44)85-45-31-41-22-24-65-58(41)67-36-45)59(77)69-87(83,84)46-16-18-50(52(33-46)74(81)82)66-35-39-7-6-25-72(37-39)56(76)10-3-4-30-86-54-9-5-8-48-57(54)62(80)73(61(48)79)51-19-20-55(75)68-60(51)78/h5,8-9,11-18,22,24,31-33,36,39,51,66H,3-4,6-7,10,19-21,23,25-30,34-35,37-38H2,1-2H3,(H,65,67)(H,69,77)(H,68,75,78). The number of hydrogen-bond donors (Lipinski definition) is 4. The molecule has 454 valence electrons. The number of rotatable bonds is 20. The lowest BCUT2D eigenvalue weighted by atomic mass is 9.72. The fourth-order valence-electron chi connectivity index (χ4n) is 12.2. The molecule has 0 radical (unpaired) electrons. The van der Waals surface area contributed by atoms with Crippen molar-refractivity contribution in [1.82, 2.24) is 34.7 Å². The molecular formula is C63H67ClN10O11S2. The second-order valence-electron chi connectivity index (χ2n) is 23.6. The molecule has 4 aromatic carbocycles. The lowest BCUT2D eigenvalue weighted by Crippen LogP contribution is -2.54. The molecule has 3 saturated heterocycles. The quantitative estimate of drug-likeness (QED) is 0.0182. The van der Waals surface area contributed by atoms with E-state index in [0.29, 0.717) is 72.5 Å². The SMILES string of the molecule is CC1(C)CCC(CN2CCN(c3ccc(C(=O)NS(=O)(=O)c4ccc(NCC5CCCN(C(=O)CCCCSc6cccc7c6C(=O)N(C6CCC(=O)NC6=O)C7=O)C5)c([N+](=O)[O-])c4)c(Oc4cnc5[nH]ccc5c4)c3)CC2)=C(c2ccc(Cl)cc2)C1. The summed E-state index contributed by atoms with van der Waals surface area (Å²) in [6, 6.07) is 24.0. The number of thioether (sulfide) groups is 1. The van der Waals surface area contributed by atoms with Gasteiger partial charge in [-0.15, -0.1) is 11.8 Å². The van der Waals surface area contributed by atoms with E-state index in [2.05, 4.69) is 61.1 Å². The van der Waals surface area contributed by atoms with E-state index in [0.717, 1.165) is 67.4 Å². The number of nitrogens with zero attached hydrogens (tertiary/aromatic N) is 6. The monoisotopic (exact) mass is 1240 g/mol. The number of halogens is 1. The number of fused-ring (bicyclic) bond motifs is 2. The summed E-state index contributed by atoms with van der Waals surface area (Å²) in [6.07, 6.45) is 9.38. The number of aromatic nitrogens is 2. The molecule has 6 amide bonds. The van der Waals surface area contributed by atoms with Crippen molar-refractivity contribution < 1.29 is 46.8 Å². The topological polar surface area (TPSA) is 267 Å². The van der Waals surface area contributed by atoms with Crippen molar-refractivity contribution in [3.05, 3.63) is 146 Å². The van der Waals surface area contributed by atoms with Crippen molar-refractivity contribution in [1.29, 1.82) is 0 Å². The zero-order valence-corrected chi connectivity index (χ0v) is 50.7. The van der Waals surface area contributed by atoms with Crippen molar-refractivity contribution in [3.8, 4) is 11.5 Å². The van der Waals surface area contributed by atoms with Crippen molar-refractivity contribution in [2.24, 2.45) is 11.3 Å². The summed E-state index contributed by atoms with van der Waals surface area (Å²) in [5.74, 6) is -2.43. The van der Waals surface area contributed by atoms with Crippen LogP contribution in [0.5, 0.6) is 11.5 Å². The predicted octanol–water partition coefficient (Wildman–Crippen LogP) is 9.84. The molecule has 0 spiro atoms. The predicted molar refractivity (Wildman–Crippen MR) is 330 cm³/mol. The van der Waals surface area contributed by atoms with Gasteiger partial charge in [-0.2, -0.15) is 0 Å². The van der Waals surface area contributed by atoms with Gasteiger partial charge in [-0.05, 0) is 140 Å². The van der Waals surface area contributed by atoms with Crippen molar-refractivity contribution >= 4 is 102 Å². The molecule has 11 rings (SSSR count). The Morgan fingerprint density at radius 3 is 2.51 bits per heavy atom. The second kappa shape index (κ2) is 25.7. The number of imide groups is 2. The number of pyridine rings is 1. The summed E-state index contributed by atoms with van der Waals surface area (Å²) < 4.78 is 36.5. The summed E-state index contributed by atoms with van der Waals surface area (Å²) in [7, 11) is -4.69. The Labute approximate surface area is 512 Å². The van der Waals surface area contributed by atoms with Crippen molar-refractivity contribution in [2.75, 3.05) is 68.3 Å². The van der Waals surface area contributed by atoms with Crippen molar-refractivity contribution in [3.63, 3.8) is 0 Å². The molecule has 24 heteroatoms. The molecule has 4 N–H and O–H groups in total. The lowest BCUT2D eigenvalue weighted by Gasteiger charge is -2.39. The van der Waals surface area contributed by atoms with Gasteiger partial charge in [0.05, 0.1) is 32.7 Å². The Kier molecular flexibility index (Phi) is 17.9. The number of sulfonamides is 1. The molecule has 6 aromatic rings. The van der Waals surface area contributed by atoms with E-state index in [1.54, 1.807) is 47.5 Å². The number of carbonyl (C=O) groups is 6. The lowest BCUT2D eigenvalue weighted by molar-refractivity contribution is -0.384. The summed E-state index contributed by atoms with van der Waals surface area (Å²) in [4.78, 5) is 105. The molecule has 87 heavy (non-hydrogen) atoms. The zero-order chi connectivity index (χ0) is 61.1. The highest BCUT2D eigenvalue weighted by molar-refractivity contribution is 7.99. The van der Waals surface area contributed by atoms with Gasteiger partial charge in [0.25, 0.3) is 33.4 Å². The third kappa shape index (κ3) is 13.7. The van der Waals surface area contributed by atoms with Gasteiger partial charge in [0.1, 0.15) is 28.9 Å². The van der Waals surface area contributed by atoms with E-state index in [-0.39, 0.29) is 71.2 Å². The van der Waals surface area contributed by atoms with Crippen LogP contribution in [0.4, 0.5) is 17.1 Å². The Hall–Kier alpha value is -8.12. The van der Waals surface area contributed by atoms with Crippen LogP contribution in [0.3, 0.4) is 0 Å². The first-order valence-electron chi connectivity index (χ1n) is 29.3. The Balaban J connectivity index is 0.696. The van der Waals surface area contributed by atoms with Crippen LogP contribution in [0.25, 0.3) is 16.6 Å². The Bertz CT molecular complexity index is 3860. The number of unbranched alkanes of at least 4 members (excludes halogenated alkanes) is 1. The minimum atomic E-state index is -4.69. The minimum absolute atomic E-state index is 0.0245. The first kappa shape index (κ1) is 60.6. The second-order valence-corrected chi connectivity index (χ2v) is 26.8. The number of ether oxygens (including phenoxy) is 1. The Morgan fingerprint density at radius 1 is 0.920 bits per heavy atom. The highest BCUT2D eigenvalue weighted by Gasteiger charge is 2.46. The number of carbonyl (C=O) groups excluding carboxylic acids is 6. The van der Waals surface area contributed by atoms with Crippen LogP contribution in [-0.4, -0.2) is 138 Å². The molecule has 0 bridgehead atoms. The number of aromatic amines is 1. The molecule has 2 aromatic heterocycles. The molecule has 3 fully saturated rings. The van der Waals surface area contributed by atoms with Gasteiger partial charge >= 0.3 is 0 Å². The third-order valence-electron chi connectivity index (χ3n) is 17.0. The maximum absolute atomic E-state index is 14.2. The fourth-order valence-corrected chi connectivity index (χ4v) is 14.4. The average molecular weight is 1240 g/mol. The average Bonchev–Trinajstić information content (AvgIpc) is 2.13. The van der Waals surface area contributed by atoms with Crippen LogP contribution in [0.15, 0.2) is 119 Å². The minimum Gasteiger partial charge on any atom is -0.455 e. The van der Waals surface area contributed by atoms with Crippen LogP contribution in [0.2, 0.25) is 5.02 Å². The number of H-pyrrole nitrogens is 1. The van der Waals surface area contributed by atoms with Gasteiger partial charge in [-0.1, -0.05) is 49.2 Å². The number of nitro groups is 1. The number of piperazine rings is 1. The summed E-state index contributed by atoms with van der Waals surface area (Å²) in [5, 5.41) is 19.3. The molecule has 2 atom stereocenters. The van der Waals surface area contributed by atoms with E-state index < -0.39 is 61.1 Å². The van der Waals surface area contributed by atoms with Gasteiger partial charge in [0.15, 0.2) is 0 Å². The first-order valence-corrected chi connectivity index (χ1v) is 32.2. The first-order chi connectivity index (χ1) is 41.8. The highest BCUT2D eigenvalue weighted by Crippen LogP contribution is 2.44. The number of likely N-dealkylation sites (tertiary alicyclic amines) is 1. The smallest absolute Gasteiger partial charge is 0.293 e. The maximum Gasteiger partial charge on any atom is 0.293 e. The number of amides is 6. The number of benzene rings is 4. The zero-order valence-electron chi connectivity index (χ0n) is 48.3. The summed E-state index contributed by atoms with van der Waals surface area (Å²) in [5.41, 5.74) is 5.54. The molecule has 4 aliphatic heterocycles. The number of nitro benzene ring substituents is 1. The number of nitrogens with one attached hydrogen (secondary N) is 4. The molecule has 1 aliphatic carbocycles. The molecular weight excluding hydrogens is 1170 g/mol. The van der Waals surface area contributed by atoms with Gasteiger partial charge < -0.3 is 24.8 Å². The normalized spacial score (nSPS) is 19.1. The van der Waals surface area contributed by atoms with Crippen LogP contribution in [-0.2, 0) is 24.4 Å². The summed E-state index contributed by atoms with van der Waals surface area (Å²) in [6.45, 7) is 9.66. The fraction of sp³-hybridized carbons (Fsp3) is 0.381. The highest BCUT2D eigenvalue weighted by atomic mass is 35.5. The third-order valence-corrected chi connectivity index (χ3v) is 19.7. The van der Waals surface area contributed by atoms with E-state index in [4.69, 9.17) is 16.3 Å². The number of anilines is 2. The van der Waals surface area contributed by atoms with Gasteiger partial charge in [-0.25, -0.2) is 18.1 Å². The van der Waals surface area contributed by atoms with Gasteiger partial charge in [0.2, 0.25) is 17.7 Å². The van der Waals surface area contributed by atoms with E-state index in [1.807, 2.05) is 18.2 Å². The molecule has 5 aliphatic rings. The van der Waals surface area contributed by atoms with Crippen molar-refractivity contribution in [2.45, 2.75) is 93.9 Å². The number of allylic oxidation sites excluding steroid dienone is 1. The number of hydrogen-bond acceptors (Lipinski definition) is 16. The molecule has 0 saturated carbocycles. The van der Waals surface area contributed by atoms with E-state index in [1.165, 1.54) is 52.9 Å². The molecule has 2 unspecified atom stereocenters. The number of piperidine rings is 2. The van der Waals surface area contributed by atoms with Crippen LogP contribution in [0.1, 0.15) is 115 Å². The van der Waals surface area contributed by atoms with Crippen LogP contribution < -0.4 is 25.0 Å². The largest absolute Gasteiger partial charge is 0.455 e. The molecule has 21 nitrogen and oxygen atoms in total. The van der Waals surface area contributed by atoms with Crippen LogP contribution in [0, 0.1) is 21.4 Å². The summed E-state index contributed by atoms with van der Waals surface area (Å²) >= 11 is 7.66. The van der Waals surface area contributed by atoms with E-state index in [9.17, 15) is 47.3 Å². The van der Waals surface area contributed by atoms with Gasteiger partial charge in [0, 0.05) is 105 Å².